The van der Waals surface area contributed by atoms with E-state index < -0.39 is 0 Å². The summed E-state index contributed by atoms with van der Waals surface area (Å²) in [5, 5.41) is 0. The molecule has 0 heterocycles. The average Bonchev–Trinajstić information content (AvgIpc) is 2.36. The molecule has 0 bridgehead atoms. The zero-order valence-electron chi connectivity index (χ0n) is 11.7. The second kappa shape index (κ2) is 6.24. The van der Waals surface area contributed by atoms with Gasteiger partial charge in [-0.3, -0.25) is 4.90 Å². The molecule has 1 saturated carbocycles. The Hall–Kier alpha value is -1.02. The van der Waals surface area contributed by atoms with Gasteiger partial charge in [0.2, 0.25) is 0 Å². The minimum Gasteiger partial charge on any atom is -0.399 e. The molecule has 1 aliphatic rings. The molecule has 0 radical (unpaired) electrons. The molecule has 1 fully saturated rings. The van der Waals surface area contributed by atoms with Crippen molar-refractivity contribution in [2.75, 3.05) is 12.3 Å². The van der Waals surface area contributed by atoms with Crippen molar-refractivity contribution in [3.05, 3.63) is 29.8 Å². The lowest BCUT2D eigenvalue weighted by molar-refractivity contribution is 0.133. The smallest absolute Gasteiger partial charge is 0.0317 e. The number of rotatable bonds is 4. The predicted molar refractivity (Wildman–Crippen MR) is 78.4 cm³/mol. The third-order valence-electron chi connectivity index (χ3n) is 4.17. The summed E-state index contributed by atoms with van der Waals surface area (Å²) >= 11 is 0. The van der Waals surface area contributed by atoms with E-state index in [-0.39, 0.29) is 0 Å². The molecule has 2 rings (SSSR count). The molecule has 1 aromatic rings. The van der Waals surface area contributed by atoms with E-state index in [1.807, 2.05) is 6.07 Å². The Labute approximate surface area is 111 Å². The molecule has 1 aromatic carbocycles. The molecule has 100 valence electrons. The summed E-state index contributed by atoms with van der Waals surface area (Å²) in [6.45, 7) is 6.83. The summed E-state index contributed by atoms with van der Waals surface area (Å²) in [4.78, 5) is 2.62. The lowest BCUT2D eigenvalue weighted by Gasteiger charge is -2.36. The summed E-state index contributed by atoms with van der Waals surface area (Å²) in [6, 6.07) is 9.07. The summed E-state index contributed by atoms with van der Waals surface area (Å²) in [5.41, 5.74) is 8.08. The Balaban J connectivity index is 2.00. The summed E-state index contributed by atoms with van der Waals surface area (Å²) in [6.07, 6.45) is 5.52. The first-order valence-corrected chi connectivity index (χ1v) is 7.27. The van der Waals surface area contributed by atoms with E-state index in [0.29, 0.717) is 0 Å². The number of anilines is 1. The Kier molecular flexibility index (Phi) is 4.65. The van der Waals surface area contributed by atoms with E-state index in [4.69, 9.17) is 5.73 Å². The van der Waals surface area contributed by atoms with Crippen LogP contribution < -0.4 is 5.73 Å². The maximum atomic E-state index is 5.86. The van der Waals surface area contributed by atoms with Crippen molar-refractivity contribution in [2.24, 2.45) is 5.92 Å². The average molecular weight is 246 g/mol. The van der Waals surface area contributed by atoms with Gasteiger partial charge in [-0.25, -0.2) is 0 Å². The Bertz CT molecular complexity index is 375. The van der Waals surface area contributed by atoms with Crippen LogP contribution in [0.2, 0.25) is 0 Å². The highest BCUT2D eigenvalue weighted by Crippen LogP contribution is 2.28. The Morgan fingerprint density at radius 3 is 2.83 bits per heavy atom. The monoisotopic (exact) mass is 246 g/mol. The normalized spacial score (nSPS) is 24.4. The number of nitrogen functional groups attached to an aromatic ring is 1. The zero-order chi connectivity index (χ0) is 13.0. The fourth-order valence-corrected chi connectivity index (χ4v) is 3.16. The number of hydrogen-bond acceptors (Lipinski definition) is 2. The summed E-state index contributed by atoms with van der Waals surface area (Å²) in [7, 11) is 0. The minimum absolute atomic E-state index is 0.764. The molecule has 2 heteroatoms. The SMILES string of the molecule is CCN(Cc1cccc(N)c1)C1CCCC(C)C1. The van der Waals surface area contributed by atoms with E-state index in [0.717, 1.165) is 30.7 Å². The molecular formula is C16H26N2. The molecular weight excluding hydrogens is 220 g/mol. The Morgan fingerprint density at radius 2 is 2.17 bits per heavy atom. The van der Waals surface area contributed by atoms with Crippen LogP contribution in [0.15, 0.2) is 24.3 Å². The third-order valence-corrected chi connectivity index (χ3v) is 4.17. The van der Waals surface area contributed by atoms with Crippen molar-refractivity contribution in [3.8, 4) is 0 Å². The van der Waals surface area contributed by atoms with Crippen LogP contribution in [-0.2, 0) is 6.54 Å². The predicted octanol–water partition coefficient (Wildman–Crippen LogP) is 3.67. The number of nitrogens with zero attached hydrogens (tertiary/aromatic N) is 1. The molecule has 2 N–H and O–H groups in total. The van der Waals surface area contributed by atoms with E-state index in [1.165, 1.54) is 31.2 Å². The first kappa shape index (κ1) is 13.4. The van der Waals surface area contributed by atoms with E-state index >= 15 is 0 Å². The minimum atomic E-state index is 0.764. The van der Waals surface area contributed by atoms with Crippen LogP contribution in [0.5, 0.6) is 0 Å². The van der Waals surface area contributed by atoms with Gasteiger partial charge in [0.05, 0.1) is 0 Å². The van der Waals surface area contributed by atoms with Crippen LogP contribution in [0.3, 0.4) is 0 Å². The van der Waals surface area contributed by atoms with Crippen LogP contribution in [0, 0.1) is 5.92 Å². The van der Waals surface area contributed by atoms with Gasteiger partial charge in [-0.2, -0.15) is 0 Å². The quantitative estimate of drug-likeness (QED) is 0.821. The van der Waals surface area contributed by atoms with E-state index in [9.17, 15) is 0 Å². The summed E-state index contributed by atoms with van der Waals surface area (Å²) in [5.74, 6) is 0.888. The van der Waals surface area contributed by atoms with Crippen LogP contribution in [0.1, 0.15) is 45.1 Å². The molecule has 18 heavy (non-hydrogen) atoms. The standard InChI is InChI=1S/C16H26N2/c1-3-18(16-9-4-6-13(2)10-16)12-14-7-5-8-15(17)11-14/h5,7-8,11,13,16H,3-4,6,9-10,12,17H2,1-2H3. The third kappa shape index (κ3) is 3.49. The molecule has 2 nitrogen and oxygen atoms in total. The van der Waals surface area contributed by atoms with Gasteiger partial charge in [0.25, 0.3) is 0 Å². The lowest BCUT2D eigenvalue weighted by Crippen LogP contribution is -2.37. The fourth-order valence-electron chi connectivity index (χ4n) is 3.16. The Morgan fingerprint density at radius 1 is 1.33 bits per heavy atom. The second-order valence-corrected chi connectivity index (χ2v) is 5.73. The topological polar surface area (TPSA) is 29.3 Å². The van der Waals surface area contributed by atoms with Gasteiger partial charge in [-0.05, 0) is 43.0 Å². The molecule has 2 atom stereocenters. The van der Waals surface area contributed by atoms with Gasteiger partial charge in [0, 0.05) is 18.3 Å². The van der Waals surface area contributed by atoms with Crippen molar-refractivity contribution in [2.45, 2.75) is 52.1 Å². The summed E-state index contributed by atoms with van der Waals surface area (Å²) < 4.78 is 0. The molecule has 0 aliphatic heterocycles. The van der Waals surface area contributed by atoms with E-state index in [1.54, 1.807) is 0 Å². The lowest BCUT2D eigenvalue weighted by atomic mass is 9.86. The highest BCUT2D eigenvalue weighted by molar-refractivity contribution is 5.40. The molecule has 0 spiro atoms. The molecule has 1 aliphatic carbocycles. The maximum absolute atomic E-state index is 5.86. The first-order valence-electron chi connectivity index (χ1n) is 7.27. The largest absolute Gasteiger partial charge is 0.399 e. The fraction of sp³-hybridized carbons (Fsp3) is 0.625. The van der Waals surface area contributed by atoms with Gasteiger partial charge in [-0.15, -0.1) is 0 Å². The van der Waals surface area contributed by atoms with Gasteiger partial charge in [0.1, 0.15) is 0 Å². The van der Waals surface area contributed by atoms with Gasteiger partial charge < -0.3 is 5.73 Å². The van der Waals surface area contributed by atoms with Gasteiger partial charge in [0.15, 0.2) is 0 Å². The van der Waals surface area contributed by atoms with Gasteiger partial charge >= 0.3 is 0 Å². The van der Waals surface area contributed by atoms with Crippen LogP contribution in [0.4, 0.5) is 5.69 Å². The molecule has 0 saturated heterocycles. The highest BCUT2D eigenvalue weighted by Gasteiger charge is 2.23. The molecule has 2 unspecified atom stereocenters. The second-order valence-electron chi connectivity index (χ2n) is 5.73. The maximum Gasteiger partial charge on any atom is 0.0317 e. The van der Waals surface area contributed by atoms with E-state index in [2.05, 4.69) is 36.9 Å². The van der Waals surface area contributed by atoms with Crippen molar-refractivity contribution in [1.29, 1.82) is 0 Å². The van der Waals surface area contributed by atoms with Crippen molar-refractivity contribution < 1.29 is 0 Å². The highest BCUT2D eigenvalue weighted by atomic mass is 15.1. The molecule has 0 amide bonds. The van der Waals surface area contributed by atoms with Crippen molar-refractivity contribution in [1.82, 2.24) is 4.90 Å². The number of benzene rings is 1. The number of hydrogen-bond donors (Lipinski definition) is 1. The van der Waals surface area contributed by atoms with Gasteiger partial charge in [-0.1, -0.05) is 38.8 Å². The van der Waals surface area contributed by atoms with Crippen molar-refractivity contribution >= 4 is 5.69 Å². The van der Waals surface area contributed by atoms with Crippen molar-refractivity contribution in [3.63, 3.8) is 0 Å². The van der Waals surface area contributed by atoms with Crippen LogP contribution in [-0.4, -0.2) is 17.5 Å². The molecule has 0 aromatic heterocycles. The zero-order valence-corrected chi connectivity index (χ0v) is 11.7. The number of nitrogens with two attached hydrogens (primary N) is 1. The first-order chi connectivity index (χ1) is 8.69. The van der Waals surface area contributed by atoms with Crippen LogP contribution in [0.25, 0.3) is 0 Å². The van der Waals surface area contributed by atoms with Crippen LogP contribution >= 0.6 is 0 Å².